The van der Waals surface area contributed by atoms with Gasteiger partial charge in [0, 0.05) is 11.8 Å². The molecule has 2 N–H and O–H groups in total. The van der Waals surface area contributed by atoms with E-state index in [0.717, 1.165) is 11.1 Å². The SMILES string of the molecule is C=CN=C(N)c1ccc(C)cc1C=C. The predicted molar refractivity (Wildman–Crippen MR) is 62.2 cm³/mol. The van der Waals surface area contributed by atoms with E-state index >= 15 is 0 Å². The van der Waals surface area contributed by atoms with Gasteiger partial charge in [-0.2, -0.15) is 0 Å². The highest BCUT2D eigenvalue weighted by Gasteiger charge is 2.02. The molecular weight excluding hydrogens is 172 g/mol. The van der Waals surface area contributed by atoms with Gasteiger partial charge in [0.15, 0.2) is 0 Å². The van der Waals surface area contributed by atoms with E-state index in [0.29, 0.717) is 5.84 Å². The van der Waals surface area contributed by atoms with Crippen LogP contribution in [-0.4, -0.2) is 5.84 Å². The quantitative estimate of drug-likeness (QED) is 0.571. The second-order valence-corrected chi connectivity index (χ2v) is 2.99. The smallest absolute Gasteiger partial charge is 0.131 e. The number of hydrogen-bond acceptors (Lipinski definition) is 1. The van der Waals surface area contributed by atoms with Crippen LogP contribution in [-0.2, 0) is 0 Å². The van der Waals surface area contributed by atoms with Gasteiger partial charge in [-0.25, -0.2) is 4.99 Å². The first-order chi connectivity index (χ1) is 6.69. The molecule has 0 radical (unpaired) electrons. The summed E-state index contributed by atoms with van der Waals surface area (Å²) in [5, 5.41) is 0. The molecule has 2 nitrogen and oxygen atoms in total. The van der Waals surface area contributed by atoms with Crippen LogP contribution in [0.5, 0.6) is 0 Å². The van der Waals surface area contributed by atoms with Gasteiger partial charge in [-0.3, -0.25) is 0 Å². The molecule has 0 unspecified atom stereocenters. The van der Waals surface area contributed by atoms with Crippen molar-refractivity contribution in [3.8, 4) is 0 Å². The molecule has 0 aliphatic heterocycles. The van der Waals surface area contributed by atoms with Gasteiger partial charge in [0.2, 0.25) is 0 Å². The van der Waals surface area contributed by atoms with Gasteiger partial charge in [-0.15, -0.1) is 0 Å². The molecule has 1 aromatic rings. The van der Waals surface area contributed by atoms with Crippen LogP contribution < -0.4 is 5.73 Å². The van der Waals surface area contributed by atoms with Crippen molar-refractivity contribution in [3.63, 3.8) is 0 Å². The second-order valence-electron chi connectivity index (χ2n) is 2.99. The molecule has 0 aliphatic rings. The zero-order valence-electron chi connectivity index (χ0n) is 8.33. The molecule has 72 valence electrons. The summed E-state index contributed by atoms with van der Waals surface area (Å²) < 4.78 is 0. The molecule has 1 rings (SSSR count). The zero-order valence-corrected chi connectivity index (χ0v) is 8.33. The third-order valence-corrected chi connectivity index (χ3v) is 1.93. The number of rotatable bonds is 3. The van der Waals surface area contributed by atoms with Gasteiger partial charge in [0.1, 0.15) is 5.84 Å². The van der Waals surface area contributed by atoms with E-state index in [1.165, 1.54) is 11.8 Å². The minimum atomic E-state index is 0.468. The molecule has 0 aromatic heterocycles. The minimum Gasteiger partial charge on any atom is -0.383 e. The van der Waals surface area contributed by atoms with E-state index < -0.39 is 0 Å². The maximum atomic E-state index is 5.76. The Kier molecular flexibility index (Phi) is 3.24. The normalized spacial score (nSPS) is 11.1. The van der Waals surface area contributed by atoms with Crippen molar-refractivity contribution in [2.75, 3.05) is 0 Å². The molecule has 0 heterocycles. The third-order valence-electron chi connectivity index (χ3n) is 1.93. The molecule has 0 aliphatic carbocycles. The van der Waals surface area contributed by atoms with Crippen molar-refractivity contribution < 1.29 is 0 Å². The number of benzene rings is 1. The summed E-state index contributed by atoms with van der Waals surface area (Å²) in [6, 6.07) is 5.95. The fourth-order valence-corrected chi connectivity index (χ4v) is 1.25. The van der Waals surface area contributed by atoms with Crippen LogP contribution in [0.15, 0.2) is 42.5 Å². The Morgan fingerprint density at radius 2 is 2.14 bits per heavy atom. The molecule has 0 saturated carbocycles. The summed E-state index contributed by atoms with van der Waals surface area (Å²) in [5.41, 5.74) is 8.83. The molecule has 1 aromatic carbocycles. The van der Waals surface area contributed by atoms with Gasteiger partial charge in [-0.05, 0) is 12.5 Å². The van der Waals surface area contributed by atoms with E-state index in [9.17, 15) is 0 Å². The molecule has 14 heavy (non-hydrogen) atoms. The lowest BCUT2D eigenvalue weighted by Gasteiger charge is -2.05. The Labute approximate surface area is 84.5 Å². The van der Waals surface area contributed by atoms with E-state index in [-0.39, 0.29) is 0 Å². The number of hydrogen-bond donors (Lipinski definition) is 1. The highest BCUT2D eigenvalue weighted by molar-refractivity contribution is 6.00. The van der Waals surface area contributed by atoms with Crippen molar-refractivity contribution in [1.29, 1.82) is 0 Å². The number of nitrogens with two attached hydrogens (primary N) is 1. The maximum absolute atomic E-state index is 5.76. The number of nitrogens with zero attached hydrogens (tertiary/aromatic N) is 1. The molecule has 0 spiro atoms. The Balaban J connectivity index is 3.27. The van der Waals surface area contributed by atoms with Crippen molar-refractivity contribution in [3.05, 3.63) is 54.2 Å². The molecule has 0 saturated heterocycles. The summed E-state index contributed by atoms with van der Waals surface area (Å²) in [6.07, 6.45) is 3.20. The van der Waals surface area contributed by atoms with E-state index in [1.54, 1.807) is 6.08 Å². The van der Waals surface area contributed by atoms with Crippen LogP contribution in [0, 0.1) is 6.92 Å². The number of aryl methyl sites for hydroxylation is 1. The molecule has 0 atom stereocenters. The molecule has 0 fully saturated rings. The lowest BCUT2D eigenvalue weighted by Crippen LogP contribution is -2.14. The summed E-state index contributed by atoms with van der Waals surface area (Å²) in [5.74, 6) is 0.468. The molecule has 2 heteroatoms. The van der Waals surface area contributed by atoms with Crippen molar-refractivity contribution in [1.82, 2.24) is 0 Å². The van der Waals surface area contributed by atoms with Crippen LogP contribution in [0.3, 0.4) is 0 Å². The lowest BCUT2D eigenvalue weighted by molar-refractivity contribution is 1.41. The van der Waals surface area contributed by atoms with Gasteiger partial charge in [-0.1, -0.05) is 43.0 Å². The summed E-state index contributed by atoms with van der Waals surface area (Å²) in [6.45, 7) is 9.27. The van der Waals surface area contributed by atoms with Crippen LogP contribution in [0.25, 0.3) is 6.08 Å². The maximum Gasteiger partial charge on any atom is 0.131 e. The van der Waals surface area contributed by atoms with Crippen molar-refractivity contribution >= 4 is 11.9 Å². The summed E-state index contributed by atoms with van der Waals surface area (Å²) in [4.78, 5) is 3.94. The van der Waals surface area contributed by atoms with Gasteiger partial charge in [0.25, 0.3) is 0 Å². The Hall–Kier alpha value is -1.83. The average Bonchev–Trinajstić information content (AvgIpc) is 2.17. The highest BCUT2D eigenvalue weighted by Crippen LogP contribution is 2.12. The van der Waals surface area contributed by atoms with Crippen LogP contribution in [0.4, 0.5) is 0 Å². The number of amidine groups is 1. The third kappa shape index (κ3) is 2.10. The predicted octanol–water partition coefficient (Wildman–Crippen LogP) is 2.49. The van der Waals surface area contributed by atoms with E-state index in [4.69, 9.17) is 5.73 Å². The van der Waals surface area contributed by atoms with Crippen molar-refractivity contribution in [2.24, 2.45) is 10.7 Å². The second kappa shape index (κ2) is 4.42. The standard InChI is InChI=1S/C12H14N2/c1-4-10-8-9(3)6-7-11(10)12(13)14-5-2/h4-8H,1-2H2,3H3,(H2,13,14). The molecule has 0 amide bonds. The Morgan fingerprint density at radius 1 is 1.43 bits per heavy atom. The van der Waals surface area contributed by atoms with Gasteiger partial charge >= 0.3 is 0 Å². The number of aliphatic imine (C=N–C) groups is 1. The fourth-order valence-electron chi connectivity index (χ4n) is 1.25. The molecular formula is C12H14N2. The highest BCUT2D eigenvalue weighted by atomic mass is 14.8. The summed E-state index contributed by atoms with van der Waals surface area (Å²) >= 11 is 0. The van der Waals surface area contributed by atoms with E-state index in [2.05, 4.69) is 18.2 Å². The summed E-state index contributed by atoms with van der Waals surface area (Å²) in [7, 11) is 0. The largest absolute Gasteiger partial charge is 0.383 e. The Morgan fingerprint density at radius 3 is 2.71 bits per heavy atom. The van der Waals surface area contributed by atoms with Gasteiger partial charge in [0.05, 0.1) is 0 Å². The lowest BCUT2D eigenvalue weighted by atomic mass is 10.0. The monoisotopic (exact) mass is 186 g/mol. The first kappa shape index (κ1) is 10.3. The van der Waals surface area contributed by atoms with Crippen LogP contribution in [0.2, 0.25) is 0 Å². The Bertz CT molecular complexity index is 389. The zero-order chi connectivity index (χ0) is 10.6. The first-order valence-corrected chi connectivity index (χ1v) is 4.36. The van der Waals surface area contributed by atoms with Crippen LogP contribution in [0.1, 0.15) is 16.7 Å². The minimum absolute atomic E-state index is 0.468. The first-order valence-electron chi connectivity index (χ1n) is 4.36. The fraction of sp³-hybridized carbons (Fsp3) is 0.0833. The van der Waals surface area contributed by atoms with Crippen molar-refractivity contribution in [2.45, 2.75) is 6.92 Å². The van der Waals surface area contributed by atoms with Crippen LogP contribution >= 0.6 is 0 Å². The average molecular weight is 186 g/mol. The topological polar surface area (TPSA) is 38.4 Å². The van der Waals surface area contributed by atoms with Gasteiger partial charge < -0.3 is 5.73 Å². The van der Waals surface area contributed by atoms with E-state index in [1.807, 2.05) is 25.1 Å². The molecule has 0 bridgehead atoms.